The van der Waals surface area contributed by atoms with Crippen LogP contribution in [-0.4, -0.2) is 70.4 Å². The second-order valence-electron chi connectivity index (χ2n) is 7.21. The van der Waals surface area contributed by atoms with E-state index >= 15 is 0 Å². The maximum atomic E-state index is 13.2. The monoisotopic (exact) mass is 457 g/mol. The van der Waals surface area contributed by atoms with Gasteiger partial charge in [-0.2, -0.15) is 0 Å². The Labute approximate surface area is 192 Å². The first kappa shape index (κ1) is 23.9. The summed E-state index contributed by atoms with van der Waals surface area (Å²) in [7, 11) is 6.01. The summed E-state index contributed by atoms with van der Waals surface area (Å²) < 4.78 is 20.7. The Morgan fingerprint density at radius 2 is 1.61 bits per heavy atom. The smallest absolute Gasteiger partial charge is 0.332 e. The molecule has 176 valence electrons. The van der Waals surface area contributed by atoms with E-state index in [1.54, 1.807) is 42.5 Å². The van der Waals surface area contributed by atoms with Gasteiger partial charge in [-0.3, -0.25) is 9.59 Å². The number of nitrogens with one attached hydrogen (secondary N) is 1. The van der Waals surface area contributed by atoms with Crippen molar-refractivity contribution >= 4 is 29.2 Å². The molecule has 0 radical (unpaired) electrons. The zero-order valence-corrected chi connectivity index (χ0v) is 19.0. The summed E-state index contributed by atoms with van der Waals surface area (Å²) >= 11 is 0. The predicted octanol–water partition coefficient (Wildman–Crippen LogP) is 2.52. The van der Waals surface area contributed by atoms with E-state index in [1.807, 2.05) is 0 Å². The molecule has 0 spiro atoms. The number of hydrogen-bond acceptors (Lipinski definition) is 7. The van der Waals surface area contributed by atoms with E-state index in [4.69, 9.17) is 18.9 Å². The Kier molecular flexibility index (Phi) is 7.73. The van der Waals surface area contributed by atoms with Crippen LogP contribution >= 0.6 is 0 Å². The maximum Gasteiger partial charge on any atom is 0.332 e. The second-order valence-corrected chi connectivity index (χ2v) is 7.21. The summed E-state index contributed by atoms with van der Waals surface area (Å²) in [6.45, 7) is 0.378. The SMILES string of the molecule is COCCN1C(=O)N(c2cccc(OC)c2)C(=O)C1CC(=O)Nc1cc(OC)cc(OC)c1. The molecule has 2 aromatic carbocycles. The lowest BCUT2D eigenvalue weighted by atomic mass is 10.1. The number of benzene rings is 2. The van der Waals surface area contributed by atoms with Crippen molar-refractivity contribution in [1.82, 2.24) is 4.90 Å². The van der Waals surface area contributed by atoms with Gasteiger partial charge in [-0.05, 0) is 12.1 Å². The Bertz CT molecular complexity index is 1000. The number of anilines is 2. The summed E-state index contributed by atoms with van der Waals surface area (Å²) in [4.78, 5) is 41.6. The zero-order chi connectivity index (χ0) is 24.0. The lowest BCUT2D eigenvalue weighted by molar-refractivity contribution is -0.124. The molecule has 0 aromatic heterocycles. The minimum absolute atomic E-state index is 0.159. The number of carbonyl (C=O) groups is 3. The number of urea groups is 1. The first-order valence-electron chi connectivity index (χ1n) is 10.2. The van der Waals surface area contributed by atoms with Crippen molar-refractivity contribution in [1.29, 1.82) is 0 Å². The summed E-state index contributed by atoms with van der Waals surface area (Å²) in [6, 6.07) is 10.1. The van der Waals surface area contributed by atoms with Crippen molar-refractivity contribution in [2.24, 2.45) is 0 Å². The minimum Gasteiger partial charge on any atom is -0.497 e. The average Bonchev–Trinajstić information content (AvgIpc) is 3.05. The van der Waals surface area contributed by atoms with E-state index in [1.165, 1.54) is 33.3 Å². The third-order valence-electron chi connectivity index (χ3n) is 5.18. The molecule has 1 unspecified atom stereocenters. The third-order valence-corrected chi connectivity index (χ3v) is 5.18. The molecular formula is C23H27N3O7. The van der Waals surface area contributed by atoms with E-state index in [9.17, 15) is 14.4 Å². The molecule has 3 rings (SSSR count). The third kappa shape index (κ3) is 5.35. The van der Waals surface area contributed by atoms with Crippen LogP contribution in [0.2, 0.25) is 0 Å². The minimum atomic E-state index is -0.980. The standard InChI is InChI=1S/C23H27N3O7/c1-30-9-8-25-20(14-21(27)24-15-10-18(32-3)13-19(11-15)33-4)22(28)26(23(25)29)16-6-5-7-17(12-16)31-2/h5-7,10-13,20H,8-9,14H2,1-4H3,(H,24,27). The molecule has 1 aliphatic rings. The summed E-state index contributed by atoms with van der Waals surface area (Å²) in [6.07, 6.45) is -0.228. The van der Waals surface area contributed by atoms with Gasteiger partial charge in [0, 0.05) is 43.6 Å². The summed E-state index contributed by atoms with van der Waals surface area (Å²) in [5, 5.41) is 2.74. The molecule has 1 atom stereocenters. The maximum absolute atomic E-state index is 13.2. The van der Waals surface area contributed by atoms with E-state index in [0.717, 1.165) is 4.90 Å². The molecule has 0 bridgehead atoms. The predicted molar refractivity (Wildman–Crippen MR) is 121 cm³/mol. The van der Waals surface area contributed by atoms with Crippen LogP contribution in [0, 0.1) is 0 Å². The first-order chi connectivity index (χ1) is 15.9. The van der Waals surface area contributed by atoms with Gasteiger partial charge in [0.1, 0.15) is 23.3 Å². The molecule has 0 saturated carbocycles. The van der Waals surface area contributed by atoms with Crippen LogP contribution in [0.5, 0.6) is 17.2 Å². The summed E-state index contributed by atoms with van der Waals surface area (Å²) in [5.41, 5.74) is 0.813. The fraction of sp³-hybridized carbons (Fsp3) is 0.348. The highest BCUT2D eigenvalue weighted by molar-refractivity contribution is 6.22. The number of methoxy groups -OCH3 is 4. The number of imide groups is 1. The number of rotatable bonds is 10. The van der Waals surface area contributed by atoms with E-state index in [0.29, 0.717) is 28.6 Å². The van der Waals surface area contributed by atoms with E-state index in [2.05, 4.69) is 5.32 Å². The molecule has 0 aliphatic carbocycles. The average molecular weight is 457 g/mol. The highest BCUT2D eigenvalue weighted by Gasteiger charge is 2.46. The molecule has 1 fully saturated rings. The number of nitrogens with zero attached hydrogens (tertiary/aromatic N) is 2. The van der Waals surface area contributed by atoms with Gasteiger partial charge >= 0.3 is 6.03 Å². The van der Waals surface area contributed by atoms with E-state index < -0.39 is 23.9 Å². The molecule has 10 nitrogen and oxygen atoms in total. The molecule has 2 aromatic rings. The molecule has 1 aliphatic heterocycles. The van der Waals surface area contributed by atoms with Crippen LogP contribution in [0.15, 0.2) is 42.5 Å². The number of amides is 4. The number of ether oxygens (including phenoxy) is 4. The second kappa shape index (κ2) is 10.7. The van der Waals surface area contributed by atoms with Crippen LogP contribution in [0.4, 0.5) is 16.2 Å². The Balaban J connectivity index is 1.82. The van der Waals surface area contributed by atoms with Gasteiger partial charge in [0.15, 0.2) is 0 Å². The van der Waals surface area contributed by atoms with Gasteiger partial charge in [-0.25, -0.2) is 9.69 Å². The van der Waals surface area contributed by atoms with Crippen molar-refractivity contribution in [3.8, 4) is 17.2 Å². The molecule has 33 heavy (non-hydrogen) atoms. The number of carbonyl (C=O) groups excluding carboxylic acids is 3. The van der Waals surface area contributed by atoms with Crippen LogP contribution in [-0.2, 0) is 14.3 Å². The van der Waals surface area contributed by atoms with Crippen molar-refractivity contribution in [2.45, 2.75) is 12.5 Å². The molecular weight excluding hydrogens is 430 g/mol. The van der Waals surface area contributed by atoms with Crippen LogP contribution in [0.25, 0.3) is 0 Å². The lowest BCUT2D eigenvalue weighted by Crippen LogP contribution is -2.39. The van der Waals surface area contributed by atoms with Gasteiger partial charge in [0.05, 0.1) is 40.0 Å². The Morgan fingerprint density at radius 1 is 0.939 bits per heavy atom. The van der Waals surface area contributed by atoms with Gasteiger partial charge in [0.2, 0.25) is 5.91 Å². The lowest BCUT2D eigenvalue weighted by Gasteiger charge is -2.21. The molecule has 1 N–H and O–H groups in total. The van der Waals surface area contributed by atoms with Gasteiger partial charge in [-0.15, -0.1) is 0 Å². The highest BCUT2D eigenvalue weighted by atomic mass is 16.5. The Morgan fingerprint density at radius 3 is 2.21 bits per heavy atom. The topological polar surface area (TPSA) is 107 Å². The van der Waals surface area contributed by atoms with Crippen LogP contribution in [0.1, 0.15) is 6.42 Å². The highest BCUT2D eigenvalue weighted by Crippen LogP contribution is 2.30. The van der Waals surface area contributed by atoms with Gasteiger partial charge in [-0.1, -0.05) is 6.07 Å². The largest absolute Gasteiger partial charge is 0.497 e. The van der Waals surface area contributed by atoms with Crippen molar-refractivity contribution in [2.75, 3.05) is 51.8 Å². The Hall–Kier alpha value is -3.79. The van der Waals surface area contributed by atoms with Gasteiger partial charge in [0.25, 0.3) is 5.91 Å². The summed E-state index contributed by atoms with van der Waals surface area (Å²) in [5.74, 6) is 0.573. The molecule has 10 heteroatoms. The fourth-order valence-electron chi connectivity index (χ4n) is 3.53. The van der Waals surface area contributed by atoms with Crippen molar-refractivity contribution in [3.05, 3.63) is 42.5 Å². The molecule has 1 saturated heterocycles. The molecule has 4 amide bonds. The zero-order valence-electron chi connectivity index (χ0n) is 19.0. The van der Waals surface area contributed by atoms with Crippen molar-refractivity contribution < 1.29 is 33.3 Å². The quantitative estimate of drug-likeness (QED) is 0.547. The fourth-order valence-corrected chi connectivity index (χ4v) is 3.53. The first-order valence-corrected chi connectivity index (χ1v) is 10.2. The normalized spacial score (nSPS) is 15.6. The van der Waals surface area contributed by atoms with Crippen LogP contribution in [0.3, 0.4) is 0 Å². The number of hydrogen-bond donors (Lipinski definition) is 1. The van der Waals surface area contributed by atoms with Crippen LogP contribution < -0.4 is 24.4 Å². The van der Waals surface area contributed by atoms with E-state index in [-0.39, 0.29) is 19.6 Å². The van der Waals surface area contributed by atoms with Crippen molar-refractivity contribution in [3.63, 3.8) is 0 Å². The molecule has 1 heterocycles. The van der Waals surface area contributed by atoms with Gasteiger partial charge < -0.3 is 29.2 Å².